The van der Waals surface area contributed by atoms with E-state index >= 15 is 0 Å². The number of aromatic nitrogens is 4. The lowest BCUT2D eigenvalue weighted by atomic mass is 10.3. The Kier molecular flexibility index (Phi) is 3.89. The summed E-state index contributed by atoms with van der Waals surface area (Å²) in [6.07, 6.45) is 1.08. The molecule has 0 atom stereocenters. The predicted molar refractivity (Wildman–Crippen MR) is 80.7 cm³/mol. The van der Waals surface area contributed by atoms with Crippen molar-refractivity contribution in [2.24, 2.45) is 5.73 Å². The number of rotatable bonds is 3. The van der Waals surface area contributed by atoms with Crippen molar-refractivity contribution < 1.29 is 0 Å². The van der Waals surface area contributed by atoms with Crippen LogP contribution in [0.5, 0.6) is 0 Å². The maximum Gasteiger partial charge on any atom is 0.349 e. The molecule has 1 fully saturated rings. The summed E-state index contributed by atoms with van der Waals surface area (Å²) in [6, 6.07) is 1.86. The zero-order valence-corrected chi connectivity index (χ0v) is 12.2. The Balaban J connectivity index is 1.85. The summed E-state index contributed by atoms with van der Waals surface area (Å²) in [5.74, 6) is 1.54. The fraction of sp³-hybridized carbons (Fsp3) is 0.615. The third kappa shape index (κ3) is 2.77. The molecule has 0 unspecified atom stereocenters. The van der Waals surface area contributed by atoms with Crippen molar-refractivity contribution in [3.05, 3.63) is 22.4 Å². The molecule has 0 radical (unpaired) electrons. The smallest absolute Gasteiger partial charge is 0.349 e. The van der Waals surface area contributed by atoms with E-state index in [2.05, 4.69) is 25.0 Å². The fourth-order valence-corrected chi connectivity index (χ4v) is 2.85. The molecule has 2 aromatic rings. The number of nitrogens with one attached hydrogen (secondary N) is 1. The zero-order chi connectivity index (χ0) is 14.8. The Labute approximate surface area is 122 Å². The highest BCUT2D eigenvalue weighted by atomic mass is 16.1. The lowest BCUT2D eigenvalue weighted by Crippen LogP contribution is -2.34. The number of hydrogen-bond acceptors (Lipinski definition) is 6. The van der Waals surface area contributed by atoms with Crippen LogP contribution in [-0.4, -0.2) is 63.8 Å². The lowest BCUT2D eigenvalue weighted by Gasteiger charge is -2.22. The molecular formula is C13H21N7O. The largest absolute Gasteiger partial charge is 0.355 e. The third-order valence-corrected chi connectivity index (χ3v) is 3.91. The van der Waals surface area contributed by atoms with E-state index in [0.29, 0.717) is 18.0 Å². The highest BCUT2D eigenvalue weighted by Crippen LogP contribution is 2.16. The first-order valence-corrected chi connectivity index (χ1v) is 7.31. The molecule has 3 rings (SSSR count). The van der Waals surface area contributed by atoms with Crippen LogP contribution in [0.2, 0.25) is 0 Å². The van der Waals surface area contributed by atoms with Crippen molar-refractivity contribution in [1.29, 1.82) is 0 Å². The van der Waals surface area contributed by atoms with Crippen molar-refractivity contribution in [3.8, 4) is 0 Å². The van der Waals surface area contributed by atoms with Crippen molar-refractivity contribution in [3.63, 3.8) is 0 Å². The molecule has 0 aliphatic carbocycles. The quantitative estimate of drug-likeness (QED) is 0.768. The van der Waals surface area contributed by atoms with Crippen LogP contribution in [0.1, 0.15) is 12.2 Å². The van der Waals surface area contributed by atoms with Gasteiger partial charge >= 0.3 is 5.69 Å². The summed E-state index contributed by atoms with van der Waals surface area (Å²) in [6.45, 7) is 7.38. The highest BCUT2D eigenvalue weighted by Gasteiger charge is 2.17. The molecule has 0 spiro atoms. The summed E-state index contributed by atoms with van der Waals surface area (Å²) in [7, 11) is 0. The van der Waals surface area contributed by atoms with Gasteiger partial charge in [-0.2, -0.15) is 5.10 Å². The van der Waals surface area contributed by atoms with Gasteiger partial charge in [-0.3, -0.25) is 0 Å². The minimum atomic E-state index is -0.244. The standard InChI is InChI=1S/C13H21N7O/c1-10-15-11(9-12-16-17-13(21)20(10)12)19-5-2-4-18(6-3-14)7-8-19/h9H,2-8,14H2,1H3,(H,17,21). The van der Waals surface area contributed by atoms with Gasteiger partial charge in [0.15, 0.2) is 5.65 Å². The number of H-pyrrole nitrogens is 1. The van der Waals surface area contributed by atoms with Gasteiger partial charge in [0.1, 0.15) is 11.6 Å². The summed E-state index contributed by atoms with van der Waals surface area (Å²) in [4.78, 5) is 20.8. The van der Waals surface area contributed by atoms with E-state index in [1.54, 1.807) is 0 Å². The Morgan fingerprint density at radius 1 is 1.33 bits per heavy atom. The van der Waals surface area contributed by atoms with Gasteiger partial charge in [0.25, 0.3) is 0 Å². The van der Waals surface area contributed by atoms with Gasteiger partial charge in [-0.15, -0.1) is 0 Å². The molecule has 3 N–H and O–H groups in total. The Bertz CT molecular complexity index is 677. The van der Waals surface area contributed by atoms with Gasteiger partial charge in [0.2, 0.25) is 0 Å². The molecular weight excluding hydrogens is 270 g/mol. The average Bonchev–Trinajstić information content (AvgIpc) is 2.70. The molecule has 0 bridgehead atoms. The van der Waals surface area contributed by atoms with Crippen LogP contribution >= 0.6 is 0 Å². The van der Waals surface area contributed by atoms with Gasteiger partial charge in [0, 0.05) is 38.8 Å². The predicted octanol–water partition coefficient (Wildman–Crippen LogP) is -0.803. The fourth-order valence-electron chi connectivity index (χ4n) is 2.85. The second-order valence-corrected chi connectivity index (χ2v) is 5.35. The van der Waals surface area contributed by atoms with Crippen LogP contribution in [-0.2, 0) is 0 Å². The van der Waals surface area contributed by atoms with E-state index < -0.39 is 0 Å². The van der Waals surface area contributed by atoms with E-state index in [1.807, 2.05) is 13.0 Å². The number of anilines is 1. The van der Waals surface area contributed by atoms with E-state index in [1.165, 1.54) is 4.40 Å². The molecule has 1 saturated heterocycles. The monoisotopic (exact) mass is 291 g/mol. The second kappa shape index (κ2) is 5.82. The average molecular weight is 291 g/mol. The van der Waals surface area contributed by atoms with Crippen molar-refractivity contribution in [1.82, 2.24) is 24.5 Å². The van der Waals surface area contributed by atoms with Gasteiger partial charge in [-0.25, -0.2) is 19.3 Å². The Morgan fingerprint density at radius 2 is 2.19 bits per heavy atom. The molecule has 0 saturated carbocycles. The Hall–Kier alpha value is -1.93. The van der Waals surface area contributed by atoms with Crippen LogP contribution in [0.15, 0.2) is 10.9 Å². The molecule has 1 aliphatic rings. The van der Waals surface area contributed by atoms with Crippen LogP contribution in [0.4, 0.5) is 5.82 Å². The molecule has 8 nitrogen and oxygen atoms in total. The minimum Gasteiger partial charge on any atom is -0.355 e. The van der Waals surface area contributed by atoms with Crippen molar-refractivity contribution in [2.45, 2.75) is 13.3 Å². The summed E-state index contributed by atoms with van der Waals surface area (Å²) >= 11 is 0. The molecule has 0 aromatic carbocycles. The number of fused-ring (bicyclic) bond motifs is 1. The van der Waals surface area contributed by atoms with Gasteiger partial charge < -0.3 is 15.5 Å². The molecule has 1 aliphatic heterocycles. The highest BCUT2D eigenvalue weighted by molar-refractivity contribution is 5.51. The summed E-state index contributed by atoms with van der Waals surface area (Å²) < 4.78 is 1.49. The number of aryl methyl sites for hydroxylation is 1. The first-order chi connectivity index (χ1) is 10.2. The zero-order valence-electron chi connectivity index (χ0n) is 12.2. The summed E-state index contributed by atoms with van der Waals surface area (Å²) in [5.41, 5.74) is 6.00. The maximum atomic E-state index is 11.6. The topological polar surface area (TPSA) is 95.5 Å². The van der Waals surface area contributed by atoms with Crippen LogP contribution in [0.25, 0.3) is 5.65 Å². The van der Waals surface area contributed by atoms with Crippen LogP contribution in [0.3, 0.4) is 0 Å². The molecule has 21 heavy (non-hydrogen) atoms. The second-order valence-electron chi connectivity index (χ2n) is 5.35. The van der Waals surface area contributed by atoms with Crippen LogP contribution < -0.4 is 16.3 Å². The minimum absolute atomic E-state index is 0.244. The van der Waals surface area contributed by atoms with Gasteiger partial charge in [-0.05, 0) is 19.9 Å². The first kappa shape index (κ1) is 14.0. The number of hydrogen-bond donors (Lipinski definition) is 2. The molecule has 0 amide bonds. The molecule has 2 aromatic heterocycles. The van der Waals surface area contributed by atoms with E-state index in [-0.39, 0.29) is 5.69 Å². The summed E-state index contributed by atoms with van der Waals surface area (Å²) in [5, 5.41) is 6.49. The van der Waals surface area contributed by atoms with E-state index in [4.69, 9.17) is 5.73 Å². The molecule has 3 heterocycles. The Morgan fingerprint density at radius 3 is 3.00 bits per heavy atom. The van der Waals surface area contributed by atoms with Crippen molar-refractivity contribution >= 4 is 11.5 Å². The maximum absolute atomic E-state index is 11.6. The normalized spacial score (nSPS) is 17.3. The number of aromatic amines is 1. The molecule has 114 valence electrons. The third-order valence-electron chi connectivity index (χ3n) is 3.91. The lowest BCUT2D eigenvalue weighted by molar-refractivity contribution is 0.302. The van der Waals surface area contributed by atoms with E-state index in [9.17, 15) is 4.79 Å². The first-order valence-electron chi connectivity index (χ1n) is 7.31. The van der Waals surface area contributed by atoms with Gasteiger partial charge in [-0.1, -0.05) is 0 Å². The SMILES string of the molecule is Cc1nc(N2CCCN(CCN)CC2)cc2n[nH]c(=O)n12. The molecule has 8 heteroatoms. The van der Waals surface area contributed by atoms with Crippen molar-refractivity contribution in [2.75, 3.05) is 44.2 Å². The van der Waals surface area contributed by atoms with Crippen LogP contribution in [0, 0.1) is 6.92 Å². The number of nitrogens with zero attached hydrogens (tertiary/aromatic N) is 5. The van der Waals surface area contributed by atoms with Gasteiger partial charge in [0.05, 0.1) is 0 Å². The van der Waals surface area contributed by atoms with E-state index in [0.717, 1.165) is 45.0 Å². The number of nitrogens with two attached hydrogens (primary N) is 1.